The molecule has 0 radical (unpaired) electrons. The van der Waals surface area contributed by atoms with E-state index >= 15 is 0 Å². The maximum atomic E-state index is 4.20. The first kappa shape index (κ1) is 13.2. The molecule has 3 nitrogen and oxygen atoms in total. The van der Waals surface area contributed by atoms with Gasteiger partial charge >= 0.3 is 0 Å². The first-order chi connectivity index (χ1) is 8.72. The van der Waals surface area contributed by atoms with Crippen LogP contribution in [0.1, 0.15) is 41.8 Å². The predicted octanol–water partition coefficient (Wildman–Crippen LogP) is 3.24. The topological polar surface area (TPSA) is 37.8 Å². The second kappa shape index (κ2) is 6.07. The molecular formula is C14H19N3S. The zero-order chi connectivity index (χ0) is 13.0. The molecule has 0 bridgehead atoms. The van der Waals surface area contributed by atoms with Crippen molar-refractivity contribution in [2.45, 2.75) is 33.2 Å². The molecule has 2 rings (SSSR count). The van der Waals surface area contributed by atoms with Crippen LogP contribution in [0.25, 0.3) is 0 Å². The third kappa shape index (κ3) is 2.94. The molecular weight excluding hydrogens is 242 g/mol. The lowest BCUT2D eigenvalue weighted by atomic mass is 9.99. The van der Waals surface area contributed by atoms with Gasteiger partial charge in [0, 0.05) is 5.38 Å². The number of nitrogens with zero attached hydrogens (tertiary/aromatic N) is 2. The fraction of sp³-hybridized carbons (Fsp3) is 0.429. The SMILES string of the molecule is CCCNC(c1ccc(C)c(C)c1)c1csnn1. The van der Waals surface area contributed by atoms with Gasteiger partial charge in [-0.3, -0.25) is 0 Å². The van der Waals surface area contributed by atoms with E-state index in [0.29, 0.717) is 0 Å². The first-order valence-corrected chi connectivity index (χ1v) is 7.13. The Kier molecular flexibility index (Phi) is 4.44. The summed E-state index contributed by atoms with van der Waals surface area (Å²) in [5.41, 5.74) is 4.92. The van der Waals surface area contributed by atoms with Gasteiger partial charge in [-0.05, 0) is 55.0 Å². The van der Waals surface area contributed by atoms with Crippen LogP contribution in [0.3, 0.4) is 0 Å². The molecule has 96 valence electrons. The molecule has 0 fully saturated rings. The Labute approximate surface area is 112 Å². The van der Waals surface area contributed by atoms with Gasteiger partial charge in [-0.1, -0.05) is 29.6 Å². The molecule has 1 aromatic carbocycles. The lowest BCUT2D eigenvalue weighted by Crippen LogP contribution is -2.23. The third-order valence-electron chi connectivity index (χ3n) is 3.14. The van der Waals surface area contributed by atoms with Crippen LogP contribution < -0.4 is 5.32 Å². The van der Waals surface area contributed by atoms with Crippen LogP contribution in [0, 0.1) is 13.8 Å². The fourth-order valence-corrected chi connectivity index (χ4v) is 2.40. The number of hydrogen-bond donors (Lipinski definition) is 1. The van der Waals surface area contributed by atoms with Crippen molar-refractivity contribution in [2.24, 2.45) is 0 Å². The highest BCUT2D eigenvalue weighted by atomic mass is 32.1. The summed E-state index contributed by atoms with van der Waals surface area (Å²) in [5, 5.41) is 9.76. The molecule has 0 amide bonds. The number of nitrogens with one attached hydrogen (secondary N) is 1. The molecule has 0 aliphatic rings. The number of rotatable bonds is 5. The average Bonchev–Trinajstić information content (AvgIpc) is 2.88. The van der Waals surface area contributed by atoms with E-state index in [-0.39, 0.29) is 6.04 Å². The van der Waals surface area contributed by atoms with Gasteiger partial charge in [-0.25, -0.2) is 0 Å². The molecule has 2 aromatic rings. The number of benzene rings is 1. The molecule has 0 spiro atoms. The number of aryl methyl sites for hydroxylation is 2. The van der Waals surface area contributed by atoms with Crippen LogP contribution in [0.15, 0.2) is 23.6 Å². The van der Waals surface area contributed by atoms with Crippen molar-refractivity contribution in [3.63, 3.8) is 0 Å². The highest BCUT2D eigenvalue weighted by Crippen LogP contribution is 2.23. The molecule has 0 saturated heterocycles. The summed E-state index contributed by atoms with van der Waals surface area (Å²) in [6.07, 6.45) is 1.11. The molecule has 1 unspecified atom stereocenters. The smallest absolute Gasteiger partial charge is 0.0970 e. The summed E-state index contributed by atoms with van der Waals surface area (Å²) in [5.74, 6) is 0. The minimum absolute atomic E-state index is 0.156. The Hall–Kier alpha value is -1.26. The Morgan fingerprint density at radius 3 is 2.72 bits per heavy atom. The Balaban J connectivity index is 2.30. The van der Waals surface area contributed by atoms with E-state index in [2.05, 4.69) is 53.9 Å². The quantitative estimate of drug-likeness (QED) is 0.898. The lowest BCUT2D eigenvalue weighted by Gasteiger charge is -2.17. The van der Waals surface area contributed by atoms with Crippen molar-refractivity contribution in [1.29, 1.82) is 0 Å². The summed E-state index contributed by atoms with van der Waals surface area (Å²) in [4.78, 5) is 0. The van der Waals surface area contributed by atoms with Crippen molar-refractivity contribution in [1.82, 2.24) is 14.9 Å². The molecule has 1 aromatic heterocycles. The van der Waals surface area contributed by atoms with Gasteiger partial charge in [0.25, 0.3) is 0 Å². The zero-order valence-corrected chi connectivity index (χ0v) is 11.9. The van der Waals surface area contributed by atoms with Crippen molar-refractivity contribution in [3.05, 3.63) is 46.0 Å². The minimum Gasteiger partial charge on any atom is -0.305 e. The molecule has 1 N–H and O–H groups in total. The summed E-state index contributed by atoms with van der Waals surface area (Å²) >= 11 is 1.40. The summed E-state index contributed by atoms with van der Waals surface area (Å²) in [6, 6.07) is 6.74. The van der Waals surface area contributed by atoms with Gasteiger partial charge in [0.2, 0.25) is 0 Å². The van der Waals surface area contributed by atoms with E-state index in [4.69, 9.17) is 0 Å². The molecule has 0 aliphatic heterocycles. The van der Waals surface area contributed by atoms with E-state index < -0.39 is 0 Å². The summed E-state index contributed by atoms with van der Waals surface area (Å²) in [7, 11) is 0. The third-order valence-corrected chi connectivity index (χ3v) is 3.66. The van der Waals surface area contributed by atoms with E-state index in [0.717, 1.165) is 18.7 Å². The van der Waals surface area contributed by atoms with Crippen LogP contribution in [-0.4, -0.2) is 16.1 Å². The monoisotopic (exact) mass is 261 g/mol. The molecule has 1 heterocycles. The zero-order valence-electron chi connectivity index (χ0n) is 11.1. The molecule has 0 saturated carbocycles. The highest BCUT2D eigenvalue weighted by Gasteiger charge is 2.16. The highest BCUT2D eigenvalue weighted by molar-refractivity contribution is 7.03. The van der Waals surface area contributed by atoms with E-state index in [1.54, 1.807) is 0 Å². The van der Waals surface area contributed by atoms with Gasteiger partial charge in [0.1, 0.15) is 0 Å². The maximum absolute atomic E-state index is 4.20. The number of hydrogen-bond acceptors (Lipinski definition) is 4. The Morgan fingerprint density at radius 1 is 1.28 bits per heavy atom. The summed E-state index contributed by atoms with van der Waals surface area (Å²) < 4.78 is 3.97. The van der Waals surface area contributed by atoms with Gasteiger partial charge < -0.3 is 5.32 Å². The maximum Gasteiger partial charge on any atom is 0.0970 e. The predicted molar refractivity (Wildman–Crippen MR) is 76.0 cm³/mol. The van der Waals surface area contributed by atoms with Crippen LogP contribution in [-0.2, 0) is 0 Å². The second-order valence-corrected chi connectivity index (χ2v) is 5.17. The summed E-state index contributed by atoms with van der Waals surface area (Å²) in [6.45, 7) is 7.44. The van der Waals surface area contributed by atoms with Gasteiger partial charge in [0.05, 0.1) is 11.7 Å². The largest absolute Gasteiger partial charge is 0.305 e. The number of aromatic nitrogens is 2. The second-order valence-electron chi connectivity index (χ2n) is 4.56. The van der Waals surface area contributed by atoms with Crippen LogP contribution in [0.2, 0.25) is 0 Å². The van der Waals surface area contributed by atoms with Gasteiger partial charge in [-0.2, -0.15) is 0 Å². The minimum atomic E-state index is 0.156. The average molecular weight is 261 g/mol. The van der Waals surface area contributed by atoms with Crippen molar-refractivity contribution in [3.8, 4) is 0 Å². The fourth-order valence-electron chi connectivity index (χ4n) is 1.92. The molecule has 18 heavy (non-hydrogen) atoms. The standard InChI is InChI=1S/C14H19N3S/c1-4-7-15-14(13-9-18-17-16-13)12-6-5-10(2)11(3)8-12/h5-6,8-9,14-15H,4,7H2,1-3H3. The van der Waals surface area contributed by atoms with Gasteiger partial charge in [-0.15, -0.1) is 5.10 Å². The van der Waals surface area contributed by atoms with Crippen molar-refractivity contribution >= 4 is 11.5 Å². The van der Waals surface area contributed by atoms with E-state index in [1.807, 2.05) is 5.38 Å². The van der Waals surface area contributed by atoms with Crippen molar-refractivity contribution < 1.29 is 0 Å². The van der Waals surface area contributed by atoms with E-state index in [9.17, 15) is 0 Å². The van der Waals surface area contributed by atoms with Crippen molar-refractivity contribution in [2.75, 3.05) is 6.54 Å². The van der Waals surface area contributed by atoms with Crippen LogP contribution in [0.5, 0.6) is 0 Å². The molecule has 0 aliphatic carbocycles. The normalized spacial score (nSPS) is 12.6. The Morgan fingerprint density at radius 2 is 2.11 bits per heavy atom. The van der Waals surface area contributed by atoms with Crippen LogP contribution >= 0.6 is 11.5 Å². The molecule has 1 atom stereocenters. The van der Waals surface area contributed by atoms with E-state index in [1.165, 1.54) is 28.2 Å². The van der Waals surface area contributed by atoms with Crippen LogP contribution in [0.4, 0.5) is 0 Å². The Bertz CT molecular complexity index is 494. The first-order valence-electron chi connectivity index (χ1n) is 6.30. The molecule has 4 heteroatoms. The lowest BCUT2D eigenvalue weighted by molar-refractivity contribution is 0.585. The van der Waals surface area contributed by atoms with Gasteiger partial charge in [0.15, 0.2) is 0 Å².